The number of piperidine rings is 1. The molecule has 0 aromatic heterocycles. The molecule has 1 aliphatic carbocycles. The van der Waals surface area contributed by atoms with E-state index in [1.165, 1.54) is 12.8 Å². The summed E-state index contributed by atoms with van der Waals surface area (Å²) in [5, 5.41) is 3.25. The third-order valence-corrected chi connectivity index (χ3v) is 5.15. The molecule has 1 heterocycles. The van der Waals surface area contributed by atoms with Gasteiger partial charge in [-0.05, 0) is 38.5 Å². The fourth-order valence-corrected chi connectivity index (χ4v) is 3.14. The summed E-state index contributed by atoms with van der Waals surface area (Å²) >= 11 is 0. The van der Waals surface area contributed by atoms with Crippen LogP contribution in [-0.2, 0) is 4.79 Å². The molecule has 4 nitrogen and oxygen atoms in total. The van der Waals surface area contributed by atoms with Crippen LogP contribution in [0.1, 0.15) is 52.4 Å². The van der Waals surface area contributed by atoms with Crippen molar-refractivity contribution in [2.24, 2.45) is 11.1 Å². The summed E-state index contributed by atoms with van der Waals surface area (Å²) in [5.74, 6) is 0.171. The van der Waals surface area contributed by atoms with Crippen LogP contribution >= 0.6 is 0 Å². The molecule has 0 spiro atoms. The first kappa shape index (κ1) is 14.8. The van der Waals surface area contributed by atoms with Crippen molar-refractivity contribution >= 4 is 5.91 Å². The van der Waals surface area contributed by atoms with E-state index in [0.29, 0.717) is 12.6 Å². The first-order chi connectivity index (χ1) is 9.15. The highest BCUT2D eigenvalue weighted by Crippen LogP contribution is 2.30. The van der Waals surface area contributed by atoms with Gasteiger partial charge in [0.15, 0.2) is 0 Å². The van der Waals surface area contributed by atoms with Gasteiger partial charge in [-0.2, -0.15) is 0 Å². The Hall–Kier alpha value is -0.610. The van der Waals surface area contributed by atoms with Gasteiger partial charge in [0.2, 0.25) is 5.91 Å². The summed E-state index contributed by atoms with van der Waals surface area (Å²) in [6.45, 7) is 6.86. The second kappa shape index (κ2) is 6.23. The minimum Gasteiger partial charge on any atom is -0.353 e. The lowest BCUT2D eigenvalue weighted by atomic mass is 9.81. The zero-order valence-corrected chi connectivity index (χ0v) is 12.5. The highest BCUT2D eigenvalue weighted by atomic mass is 16.2. The third kappa shape index (κ3) is 3.29. The zero-order valence-electron chi connectivity index (χ0n) is 12.5. The summed E-state index contributed by atoms with van der Waals surface area (Å²) in [4.78, 5) is 15.0. The molecule has 2 fully saturated rings. The number of hydrogen-bond acceptors (Lipinski definition) is 3. The third-order valence-electron chi connectivity index (χ3n) is 5.15. The van der Waals surface area contributed by atoms with Crippen LogP contribution in [0.3, 0.4) is 0 Å². The maximum Gasteiger partial charge on any atom is 0.227 e. The molecule has 0 unspecified atom stereocenters. The summed E-state index contributed by atoms with van der Waals surface area (Å²) in [7, 11) is 0. The van der Waals surface area contributed by atoms with E-state index < -0.39 is 0 Å². The Labute approximate surface area is 117 Å². The van der Waals surface area contributed by atoms with Crippen LogP contribution in [0.15, 0.2) is 0 Å². The SMILES string of the molecule is CCC(CC)(CN)C(=O)NC1CCN(C2CC2)CC1. The maximum absolute atomic E-state index is 12.4. The fraction of sp³-hybridized carbons (Fsp3) is 0.933. The standard InChI is InChI=1S/C15H29N3O/c1-3-15(4-2,11-16)14(19)17-12-7-9-18(10-8-12)13-5-6-13/h12-13H,3-11,16H2,1-2H3,(H,17,19). The van der Waals surface area contributed by atoms with E-state index in [-0.39, 0.29) is 11.3 Å². The van der Waals surface area contributed by atoms with Crippen LogP contribution in [0, 0.1) is 5.41 Å². The van der Waals surface area contributed by atoms with E-state index in [9.17, 15) is 4.79 Å². The van der Waals surface area contributed by atoms with Gasteiger partial charge in [-0.25, -0.2) is 0 Å². The van der Waals surface area contributed by atoms with Gasteiger partial charge >= 0.3 is 0 Å². The van der Waals surface area contributed by atoms with E-state index in [2.05, 4.69) is 24.1 Å². The Morgan fingerprint density at radius 3 is 2.21 bits per heavy atom. The molecule has 0 aromatic carbocycles. The molecule has 1 saturated heterocycles. The number of likely N-dealkylation sites (tertiary alicyclic amines) is 1. The molecule has 0 radical (unpaired) electrons. The van der Waals surface area contributed by atoms with Crippen molar-refractivity contribution in [2.45, 2.75) is 64.5 Å². The van der Waals surface area contributed by atoms with Crippen LogP contribution in [0.2, 0.25) is 0 Å². The molecular formula is C15H29N3O. The number of hydrogen-bond donors (Lipinski definition) is 2. The van der Waals surface area contributed by atoms with Crippen molar-refractivity contribution in [3.63, 3.8) is 0 Å². The number of nitrogens with two attached hydrogens (primary N) is 1. The van der Waals surface area contributed by atoms with Gasteiger partial charge in [0.05, 0.1) is 5.41 Å². The fourth-order valence-electron chi connectivity index (χ4n) is 3.14. The van der Waals surface area contributed by atoms with Crippen molar-refractivity contribution in [2.75, 3.05) is 19.6 Å². The van der Waals surface area contributed by atoms with Crippen LogP contribution in [0.5, 0.6) is 0 Å². The van der Waals surface area contributed by atoms with Crippen LogP contribution in [0.25, 0.3) is 0 Å². The topological polar surface area (TPSA) is 58.4 Å². The van der Waals surface area contributed by atoms with Gasteiger partial charge in [0.25, 0.3) is 0 Å². The zero-order chi connectivity index (χ0) is 13.9. The lowest BCUT2D eigenvalue weighted by molar-refractivity contribution is -0.132. The Morgan fingerprint density at radius 1 is 1.21 bits per heavy atom. The maximum atomic E-state index is 12.4. The van der Waals surface area contributed by atoms with Crippen LogP contribution in [0.4, 0.5) is 0 Å². The van der Waals surface area contributed by atoms with Crippen molar-refractivity contribution in [1.82, 2.24) is 10.2 Å². The van der Waals surface area contributed by atoms with Gasteiger partial charge in [-0.3, -0.25) is 4.79 Å². The monoisotopic (exact) mass is 267 g/mol. The first-order valence-corrected chi connectivity index (χ1v) is 7.90. The number of carbonyl (C=O) groups excluding carboxylic acids is 1. The van der Waals surface area contributed by atoms with Gasteiger partial charge in [-0.1, -0.05) is 13.8 Å². The Balaban J connectivity index is 1.82. The summed E-state index contributed by atoms with van der Waals surface area (Å²) in [6.07, 6.45) is 6.59. The van der Waals surface area contributed by atoms with E-state index in [0.717, 1.165) is 44.8 Å². The predicted molar refractivity (Wildman–Crippen MR) is 77.8 cm³/mol. The lowest BCUT2D eigenvalue weighted by Gasteiger charge is -2.35. The molecule has 1 amide bonds. The van der Waals surface area contributed by atoms with E-state index in [1.54, 1.807) is 0 Å². The van der Waals surface area contributed by atoms with E-state index >= 15 is 0 Å². The predicted octanol–water partition coefficient (Wildman–Crippen LogP) is 1.49. The van der Waals surface area contributed by atoms with Crippen molar-refractivity contribution in [3.05, 3.63) is 0 Å². The largest absolute Gasteiger partial charge is 0.353 e. The Bertz CT molecular complexity index is 294. The Morgan fingerprint density at radius 2 is 1.79 bits per heavy atom. The average Bonchev–Trinajstić information content (AvgIpc) is 3.27. The second-order valence-corrected chi connectivity index (χ2v) is 6.21. The summed E-state index contributed by atoms with van der Waals surface area (Å²) < 4.78 is 0. The second-order valence-electron chi connectivity index (χ2n) is 6.21. The number of rotatable bonds is 6. The van der Waals surface area contributed by atoms with Gasteiger partial charge < -0.3 is 16.0 Å². The summed E-state index contributed by atoms with van der Waals surface area (Å²) in [6, 6.07) is 1.21. The minimum absolute atomic E-state index is 0.171. The van der Waals surface area contributed by atoms with E-state index in [4.69, 9.17) is 5.73 Å². The van der Waals surface area contributed by atoms with E-state index in [1.807, 2.05) is 0 Å². The average molecular weight is 267 g/mol. The normalized spacial score (nSPS) is 22.5. The number of amides is 1. The Kier molecular flexibility index (Phi) is 4.85. The highest BCUT2D eigenvalue weighted by molar-refractivity contribution is 5.83. The van der Waals surface area contributed by atoms with Crippen LogP contribution in [-0.4, -0.2) is 42.5 Å². The molecule has 4 heteroatoms. The molecule has 1 aliphatic heterocycles. The molecule has 2 rings (SSSR count). The molecule has 3 N–H and O–H groups in total. The van der Waals surface area contributed by atoms with Crippen molar-refractivity contribution in [3.8, 4) is 0 Å². The van der Waals surface area contributed by atoms with Gasteiger partial charge in [-0.15, -0.1) is 0 Å². The van der Waals surface area contributed by atoms with Crippen molar-refractivity contribution in [1.29, 1.82) is 0 Å². The number of nitrogens with zero attached hydrogens (tertiary/aromatic N) is 1. The lowest BCUT2D eigenvalue weighted by Crippen LogP contribution is -2.51. The molecule has 0 aromatic rings. The summed E-state index contributed by atoms with van der Waals surface area (Å²) in [5.41, 5.74) is 5.48. The van der Waals surface area contributed by atoms with Gasteiger partial charge in [0, 0.05) is 31.7 Å². The molecular weight excluding hydrogens is 238 g/mol. The number of nitrogens with one attached hydrogen (secondary N) is 1. The molecule has 0 bridgehead atoms. The van der Waals surface area contributed by atoms with Gasteiger partial charge in [0.1, 0.15) is 0 Å². The van der Waals surface area contributed by atoms with Crippen LogP contribution < -0.4 is 11.1 Å². The molecule has 110 valence electrons. The molecule has 2 aliphatic rings. The smallest absolute Gasteiger partial charge is 0.227 e. The van der Waals surface area contributed by atoms with Crippen molar-refractivity contribution < 1.29 is 4.79 Å². The first-order valence-electron chi connectivity index (χ1n) is 7.90. The molecule has 1 saturated carbocycles. The number of carbonyl (C=O) groups is 1. The quantitative estimate of drug-likeness (QED) is 0.766. The molecule has 19 heavy (non-hydrogen) atoms. The minimum atomic E-state index is -0.354. The highest BCUT2D eigenvalue weighted by Gasteiger charge is 2.36. The molecule has 0 atom stereocenters.